The van der Waals surface area contributed by atoms with E-state index in [4.69, 9.17) is 21.6 Å². The summed E-state index contributed by atoms with van der Waals surface area (Å²) in [6.45, 7) is 3.70. The number of nitriles is 1. The topological polar surface area (TPSA) is 50.1 Å². The van der Waals surface area contributed by atoms with Crippen LogP contribution in [0.5, 0.6) is 11.5 Å². The SMILES string of the molecule is Cc1cc(C#N)cc(C)c1Oc1c(Cl)cccc1C=O. The van der Waals surface area contributed by atoms with Gasteiger partial charge < -0.3 is 4.74 Å². The molecule has 100 valence electrons. The summed E-state index contributed by atoms with van der Waals surface area (Å²) in [7, 11) is 0. The number of nitrogens with zero attached hydrogens (tertiary/aromatic N) is 1. The highest BCUT2D eigenvalue weighted by molar-refractivity contribution is 6.32. The monoisotopic (exact) mass is 285 g/mol. The van der Waals surface area contributed by atoms with Crippen molar-refractivity contribution in [3.63, 3.8) is 0 Å². The van der Waals surface area contributed by atoms with Crippen LogP contribution in [0.3, 0.4) is 0 Å². The summed E-state index contributed by atoms with van der Waals surface area (Å²) in [4.78, 5) is 11.1. The van der Waals surface area contributed by atoms with Crippen molar-refractivity contribution in [2.24, 2.45) is 0 Å². The average Bonchev–Trinajstić information content (AvgIpc) is 2.43. The number of aryl methyl sites for hydroxylation is 2. The van der Waals surface area contributed by atoms with Crippen LogP contribution in [-0.4, -0.2) is 6.29 Å². The number of carbonyl (C=O) groups is 1. The van der Waals surface area contributed by atoms with Gasteiger partial charge in [-0.1, -0.05) is 17.7 Å². The van der Waals surface area contributed by atoms with E-state index in [9.17, 15) is 4.79 Å². The number of rotatable bonds is 3. The Bertz CT molecular complexity index is 694. The Hall–Kier alpha value is -2.31. The number of aldehydes is 1. The first-order chi connectivity index (χ1) is 9.56. The van der Waals surface area contributed by atoms with Gasteiger partial charge in [0.25, 0.3) is 0 Å². The van der Waals surface area contributed by atoms with Crippen molar-refractivity contribution >= 4 is 17.9 Å². The second kappa shape index (κ2) is 5.77. The molecule has 2 aromatic rings. The highest BCUT2D eigenvalue weighted by Gasteiger charge is 2.13. The van der Waals surface area contributed by atoms with E-state index >= 15 is 0 Å². The molecule has 4 heteroatoms. The molecule has 0 heterocycles. The Labute approximate surface area is 122 Å². The summed E-state index contributed by atoms with van der Waals surface area (Å²) < 4.78 is 5.82. The number of hydrogen-bond donors (Lipinski definition) is 0. The maximum absolute atomic E-state index is 11.1. The third kappa shape index (κ3) is 2.66. The van der Waals surface area contributed by atoms with Crippen LogP contribution in [-0.2, 0) is 0 Å². The molecular formula is C16H12ClNO2. The van der Waals surface area contributed by atoms with E-state index in [-0.39, 0.29) is 0 Å². The summed E-state index contributed by atoms with van der Waals surface area (Å²) in [6.07, 6.45) is 0.704. The van der Waals surface area contributed by atoms with E-state index in [0.717, 1.165) is 11.1 Å². The molecule has 0 saturated carbocycles. The number of hydrogen-bond acceptors (Lipinski definition) is 3. The molecule has 20 heavy (non-hydrogen) atoms. The smallest absolute Gasteiger partial charge is 0.156 e. The van der Waals surface area contributed by atoms with Gasteiger partial charge in [0.1, 0.15) is 5.75 Å². The van der Waals surface area contributed by atoms with Crippen molar-refractivity contribution in [2.45, 2.75) is 13.8 Å². The van der Waals surface area contributed by atoms with Crippen LogP contribution < -0.4 is 4.74 Å². The molecule has 0 N–H and O–H groups in total. The first-order valence-electron chi connectivity index (χ1n) is 5.99. The van der Waals surface area contributed by atoms with Gasteiger partial charge >= 0.3 is 0 Å². The predicted molar refractivity (Wildman–Crippen MR) is 77.5 cm³/mol. The fourth-order valence-corrected chi connectivity index (χ4v) is 2.22. The lowest BCUT2D eigenvalue weighted by molar-refractivity contribution is 0.112. The van der Waals surface area contributed by atoms with E-state index in [2.05, 4.69) is 6.07 Å². The van der Waals surface area contributed by atoms with Gasteiger partial charge in [0.15, 0.2) is 12.0 Å². The minimum Gasteiger partial charge on any atom is -0.454 e. The van der Waals surface area contributed by atoms with Crippen LogP contribution in [0.15, 0.2) is 30.3 Å². The molecule has 2 aromatic carbocycles. The zero-order valence-electron chi connectivity index (χ0n) is 11.1. The van der Waals surface area contributed by atoms with Gasteiger partial charge in [0, 0.05) is 0 Å². The molecule has 0 aliphatic carbocycles. The van der Waals surface area contributed by atoms with Crippen LogP contribution in [0.25, 0.3) is 0 Å². The fraction of sp³-hybridized carbons (Fsp3) is 0.125. The zero-order chi connectivity index (χ0) is 14.7. The second-order valence-electron chi connectivity index (χ2n) is 4.43. The predicted octanol–water partition coefficient (Wildman–Crippen LogP) is 4.43. The maximum Gasteiger partial charge on any atom is 0.156 e. The molecule has 0 radical (unpaired) electrons. The first-order valence-corrected chi connectivity index (χ1v) is 6.37. The number of para-hydroxylation sites is 1. The Kier molecular flexibility index (Phi) is 4.07. The molecule has 0 aromatic heterocycles. The Morgan fingerprint density at radius 2 is 1.85 bits per heavy atom. The lowest BCUT2D eigenvalue weighted by atomic mass is 10.1. The average molecular weight is 286 g/mol. The Balaban J connectivity index is 2.51. The molecule has 0 fully saturated rings. The molecule has 0 aliphatic rings. The lowest BCUT2D eigenvalue weighted by Gasteiger charge is -2.14. The number of benzene rings is 2. The van der Waals surface area contributed by atoms with Gasteiger partial charge in [0.05, 0.1) is 22.2 Å². The largest absolute Gasteiger partial charge is 0.454 e. The molecule has 0 spiro atoms. The van der Waals surface area contributed by atoms with Crippen molar-refractivity contribution < 1.29 is 9.53 Å². The fourth-order valence-electron chi connectivity index (χ4n) is 2.00. The molecule has 0 amide bonds. The van der Waals surface area contributed by atoms with Crippen molar-refractivity contribution in [3.8, 4) is 17.6 Å². The highest BCUT2D eigenvalue weighted by atomic mass is 35.5. The summed E-state index contributed by atoms with van der Waals surface area (Å²) in [5.74, 6) is 0.945. The van der Waals surface area contributed by atoms with Crippen LogP contribution in [0.4, 0.5) is 0 Å². The van der Waals surface area contributed by atoms with E-state index in [1.807, 2.05) is 13.8 Å². The Morgan fingerprint density at radius 1 is 1.20 bits per heavy atom. The van der Waals surface area contributed by atoms with Gasteiger partial charge in [-0.25, -0.2) is 0 Å². The number of halogens is 1. The third-order valence-corrected chi connectivity index (χ3v) is 3.22. The summed E-state index contributed by atoms with van der Waals surface area (Å²) in [6, 6.07) is 10.6. The van der Waals surface area contributed by atoms with Gasteiger partial charge in [-0.3, -0.25) is 4.79 Å². The van der Waals surface area contributed by atoms with E-state index in [1.54, 1.807) is 30.3 Å². The number of carbonyl (C=O) groups excluding carboxylic acids is 1. The Morgan fingerprint density at radius 3 is 2.40 bits per heavy atom. The second-order valence-corrected chi connectivity index (χ2v) is 4.84. The maximum atomic E-state index is 11.1. The van der Waals surface area contributed by atoms with Crippen molar-refractivity contribution in [3.05, 3.63) is 57.6 Å². The van der Waals surface area contributed by atoms with Gasteiger partial charge in [-0.05, 0) is 49.2 Å². The number of ether oxygens (including phenoxy) is 1. The van der Waals surface area contributed by atoms with Gasteiger partial charge in [-0.2, -0.15) is 5.26 Å². The molecular weight excluding hydrogens is 274 g/mol. The molecule has 3 nitrogen and oxygen atoms in total. The summed E-state index contributed by atoms with van der Waals surface area (Å²) in [5, 5.41) is 9.31. The standard InChI is InChI=1S/C16H12ClNO2/c1-10-6-12(8-18)7-11(2)15(10)20-16-13(9-19)4-3-5-14(16)17/h3-7,9H,1-2H3. The van der Waals surface area contributed by atoms with E-state index < -0.39 is 0 Å². The molecule has 0 aliphatic heterocycles. The molecule has 2 rings (SSSR count). The van der Waals surface area contributed by atoms with Crippen LogP contribution in [0, 0.1) is 25.2 Å². The van der Waals surface area contributed by atoms with Crippen molar-refractivity contribution in [1.82, 2.24) is 0 Å². The minimum absolute atomic E-state index is 0.333. The van der Waals surface area contributed by atoms with Gasteiger partial charge in [0.2, 0.25) is 0 Å². The quantitative estimate of drug-likeness (QED) is 0.784. The summed E-state index contributed by atoms with van der Waals surface area (Å²) >= 11 is 6.09. The minimum atomic E-state index is 0.333. The van der Waals surface area contributed by atoms with E-state index in [1.165, 1.54) is 0 Å². The van der Waals surface area contributed by atoms with Crippen molar-refractivity contribution in [1.29, 1.82) is 5.26 Å². The van der Waals surface area contributed by atoms with Crippen LogP contribution in [0.2, 0.25) is 5.02 Å². The molecule has 0 bridgehead atoms. The molecule has 0 saturated heterocycles. The van der Waals surface area contributed by atoms with Crippen molar-refractivity contribution in [2.75, 3.05) is 0 Å². The van der Waals surface area contributed by atoms with E-state index in [0.29, 0.717) is 33.9 Å². The molecule has 0 atom stereocenters. The lowest BCUT2D eigenvalue weighted by Crippen LogP contribution is -1.96. The van der Waals surface area contributed by atoms with Crippen LogP contribution in [0.1, 0.15) is 27.0 Å². The summed E-state index contributed by atoms with van der Waals surface area (Å²) in [5.41, 5.74) is 2.60. The molecule has 0 unspecified atom stereocenters. The zero-order valence-corrected chi connectivity index (χ0v) is 11.9. The third-order valence-electron chi connectivity index (χ3n) is 2.92. The van der Waals surface area contributed by atoms with Crippen LogP contribution >= 0.6 is 11.6 Å². The normalized spacial score (nSPS) is 9.90. The highest BCUT2D eigenvalue weighted by Crippen LogP contribution is 2.35. The van der Waals surface area contributed by atoms with Gasteiger partial charge in [-0.15, -0.1) is 0 Å². The first kappa shape index (κ1) is 14.1.